The first-order valence-electron chi connectivity index (χ1n) is 12.5. The normalized spacial score (nSPS) is 11.7. The van der Waals surface area contributed by atoms with Crippen molar-refractivity contribution in [3.8, 4) is 5.75 Å². The van der Waals surface area contributed by atoms with E-state index in [0.717, 1.165) is 16.9 Å². The molecule has 0 radical (unpaired) electrons. The topological polar surface area (TPSA) is 58.6 Å². The largest absolute Gasteiger partial charge is 0.494 e. The number of hydrogen-bond donors (Lipinski definition) is 1. The number of amides is 2. The summed E-state index contributed by atoms with van der Waals surface area (Å²) in [5, 5.41) is 3.89. The van der Waals surface area contributed by atoms with E-state index in [4.69, 9.17) is 27.9 Å². The number of benzene rings is 3. The number of carbonyl (C=O) groups excluding carboxylic acids is 2. The molecule has 0 bridgehead atoms. The summed E-state index contributed by atoms with van der Waals surface area (Å²) in [5.74, 6) is 0.380. The third kappa shape index (κ3) is 8.80. The van der Waals surface area contributed by atoms with Gasteiger partial charge in [0.1, 0.15) is 11.8 Å². The Morgan fingerprint density at radius 2 is 1.57 bits per heavy atom. The second-order valence-electron chi connectivity index (χ2n) is 9.36. The summed E-state index contributed by atoms with van der Waals surface area (Å²) in [4.78, 5) is 28.7. The first-order chi connectivity index (χ1) is 17.7. The van der Waals surface area contributed by atoms with Crippen molar-refractivity contribution >= 4 is 35.0 Å². The molecule has 0 aliphatic carbocycles. The molecule has 3 aromatic carbocycles. The second kappa shape index (κ2) is 14.1. The molecule has 0 aliphatic rings. The van der Waals surface area contributed by atoms with Gasteiger partial charge in [0.05, 0.1) is 6.61 Å². The standard InChI is InChI=1S/C30H34Cl2N2O3/c1-21(2)33-30(36)28(19-23-9-5-4-6-10-23)34(20-25-26(31)11-7-12-27(25)32)29(35)13-8-18-37-24-16-14-22(3)15-17-24/h4-7,9-12,14-17,21,28H,8,13,18-20H2,1-3H3,(H,33,36). The van der Waals surface area contributed by atoms with Crippen LogP contribution in [0.3, 0.4) is 0 Å². The Balaban J connectivity index is 1.83. The van der Waals surface area contributed by atoms with Crippen LogP contribution >= 0.6 is 23.2 Å². The van der Waals surface area contributed by atoms with E-state index in [1.165, 1.54) is 0 Å². The molecule has 2 amide bonds. The van der Waals surface area contributed by atoms with Gasteiger partial charge in [0.2, 0.25) is 11.8 Å². The van der Waals surface area contributed by atoms with Crippen LogP contribution in [-0.4, -0.2) is 35.4 Å². The van der Waals surface area contributed by atoms with Gasteiger partial charge in [-0.15, -0.1) is 0 Å². The molecule has 0 saturated heterocycles. The van der Waals surface area contributed by atoms with Gasteiger partial charge in [-0.25, -0.2) is 0 Å². The lowest BCUT2D eigenvalue weighted by atomic mass is 10.0. The Morgan fingerprint density at radius 1 is 0.919 bits per heavy atom. The predicted octanol–water partition coefficient (Wildman–Crippen LogP) is 6.63. The minimum absolute atomic E-state index is 0.0745. The van der Waals surface area contributed by atoms with E-state index in [-0.39, 0.29) is 30.8 Å². The van der Waals surface area contributed by atoms with E-state index in [1.54, 1.807) is 23.1 Å². The fourth-order valence-electron chi connectivity index (χ4n) is 3.98. The number of rotatable bonds is 12. The van der Waals surface area contributed by atoms with E-state index in [9.17, 15) is 9.59 Å². The molecule has 37 heavy (non-hydrogen) atoms. The molecule has 0 saturated carbocycles. The summed E-state index contributed by atoms with van der Waals surface area (Å²) in [6.07, 6.45) is 1.09. The number of nitrogens with one attached hydrogen (secondary N) is 1. The summed E-state index contributed by atoms with van der Waals surface area (Å²) < 4.78 is 5.81. The van der Waals surface area contributed by atoms with Crippen LogP contribution in [0.25, 0.3) is 0 Å². The highest BCUT2D eigenvalue weighted by Crippen LogP contribution is 2.27. The molecule has 1 N–H and O–H groups in total. The maximum atomic E-state index is 13.7. The number of hydrogen-bond acceptors (Lipinski definition) is 3. The molecular weight excluding hydrogens is 507 g/mol. The van der Waals surface area contributed by atoms with Crippen LogP contribution in [0.1, 0.15) is 43.4 Å². The highest BCUT2D eigenvalue weighted by molar-refractivity contribution is 6.36. The minimum atomic E-state index is -0.734. The number of ether oxygens (including phenoxy) is 1. The van der Waals surface area contributed by atoms with Gasteiger partial charge in [0, 0.05) is 41.0 Å². The molecule has 196 valence electrons. The molecule has 7 heteroatoms. The van der Waals surface area contributed by atoms with Crippen LogP contribution in [-0.2, 0) is 22.6 Å². The Morgan fingerprint density at radius 3 is 2.19 bits per heavy atom. The average Bonchev–Trinajstić information content (AvgIpc) is 2.86. The molecule has 3 aromatic rings. The Labute approximate surface area is 229 Å². The van der Waals surface area contributed by atoms with Crippen LogP contribution < -0.4 is 10.1 Å². The van der Waals surface area contributed by atoms with Crippen LogP contribution in [0.2, 0.25) is 10.0 Å². The average molecular weight is 542 g/mol. The molecule has 0 aromatic heterocycles. The number of nitrogens with zero attached hydrogens (tertiary/aromatic N) is 1. The van der Waals surface area contributed by atoms with Crippen molar-refractivity contribution in [3.63, 3.8) is 0 Å². The highest BCUT2D eigenvalue weighted by atomic mass is 35.5. The molecule has 3 rings (SSSR count). The molecule has 0 fully saturated rings. The van der Waals surface area contributed by atoms with E-state index in [1.807, 2.05) is 75.4 Å². The molecule has 0 heterocycles. The summed E-state index contributed by atoms with van der Waals surface area (Å²) in [7, 11) is 0. The van der Waals surface area contributed by atoms with Gasteiger partial charge in [-0.2, -0.15) is 0 Å². The van der Waals surface area contributed by atoms with Crippen molar-refractivity contribution in [3.05, 3.63) is 99.5 Å². The van der Waals surface area contributed by atoms with Crippen molar-refractivity contribution in [2.24, 2.45) is 0 Å². The van der Waals surface area contributed by atoms with Crippen molar-refractivity contribution in [1.29, 1.82) is 0 Å². The van der Waals surface area contributed by atoms with Gasteiger partial charge < -0.3 is 15.0 Å². The Kier molecular flexibility index (Phi) is 10.8. The van der Waals surface area contributed by atoms with E-state index in [0.29, 0.717) is 35.1 Å². The van der Waals surface area contributed by atoms with Crippen LogP contribution in [0.15, 0.2) is 72.8 Å². The van der Waals surface area contributed by atoms with Gasteiger partial charge in [-0.05, 0) is 57.0 Å². The molecule has 1 unspecified atom stereocenters. The number of aryl methyl sites for hydroxylation is 1. The zero-order chi connectivity index (χ0) is 26.8. The van der Waals surface area contributed by atoms with Crippen molar-refractivity contribution in [1.82, 2.24) is 10.2 Å². The lowest BCUT2D eigenvalue weighted by molar-refractivity contribution is -0.141. The number of halogens is 2. The summed E-state index contributed by atoms with van der Waals surface area (Å²) >= 11 is 12.9. The fraction of sp³-hybridized carbons (Fsp3) is 0.333. The van der Waals surface area contributed by atoms with Crippen molar-refractivity contribution in [2.75, 3.05) is 6.61 Å². The third-order valence-electron chi connectivity index (χ3n) is 5.92. The quantitative estimate of drug-likeness (QED) is 0.262. The SMILES string of the molecule is Cc1ccc(OCCCC(=O)N(Cc2c(Cl)cccc2Cl)C(Cc2ccccc2)C(=O)NC(C)C)cc1. The highest BCUT2D eigenvalue weighted by Gasteiger charge is 2.31. The Hall–Kier alpha value is -3.02. The van der Waals surface area contributed by atoms with Crippen LogP contribution in [0, 0.1) is 6.92 Å². The zero-order valence-electron chi connectivity index (χ0n) is 21.5. The van der Waals surface area contributed by atoms with E-state index < -0.39 is 6.04 Å². The van der Waals surface area contributed by atoms with E-state index >= 15 is 0 Å². The zero-order valence-corrected chi connectivity index (χ0v) is 23.1. The summed E-state index contributed by atoms with van der Waals surface area (Å²) in [5.41, 5.74) is 2.73. The fourth-order valence-corrected chi connectivity index (χ4v) is 4.50. The predicted molar refractivity (Wildman–Crippen MR) is 150 cm³/mol. The second-order valence-corrected chi connectivity index (χ2v) is 10.2. The molecular formula is C30H34Cl2N2O3. The van der Waals surface area contributed by atoms with Crippen molar-refractivity contribution < 1.29 is 14.3 Å². The summed E-state index contributed by atoms with van der Waals surface area (Å²) in [6, 6.07) is 21.9. The lowest BCUT2D eigenvalue weighted by Gasteiger charge is -2.32. The lowest BCUT2D eigenvalue weighted by Crippen LogP contribution is -2.51. The minimum Gasteiger partial charge on any atom is -0.494 e. The molecule has 0 spiro atoms. The van der Waals surface area contributed by atoms with Gasteiger partial charge >= 0.3 is 0 Å². The van der Waals surface area contributed by atoms with Gasteiger partial charge in [-0.3, -0.25) is 9.59 Å². The maximum absolute atomic E-state index is 13.7. The smallest absolute Gasteiger partial charge is 0.243 e. The van der Waals surface area contributed by atoms with Crippen molar-refractivity contribution in [2.45, 2.75) is 58.7 Å². The van der Waals surface area contributed by atoms with Crippen LogP contribution in [0.5, 0.6) is 5.75 Å². The Bertz CT molecular complexity index is 1150. The molecule has 5 nitrogen and oxygen atoms in total. The maximum Gasteiger partial charge on any atom is 0.243 e. The van der Waals surface area contributed by atoms with E-state index in [2.05, 4.69) is 5.32 Å². The van der Waals surface area contributed by atoms with Gasteiger partial charge in [0.15, 0.2) is 0 Å². The van der Waals surface area contributed by atoms with Gasteiger partial charge in [0.25, 0.3) is 0 Å². The summed E-state index contributed by atoms with van der Waals surface area (Å²) in [6.45, 7) is 6.33. The molecule has 1 atom stereocenters. The third-order valence-corrected chi connectivity index (χ3v) is 6.63. The number of carbonyl (C=O) groups is 2. The van der Waals surface area contributed by atoms with Gasteiger partial charge in [-0.1, -0.05) is 77.3 Å². The molecule has 0 aliphatic heterocycles. The first-order valence-corrected chi connectivity index (χ1v) is 13.3. The monoisotopic (exact) mass is 540 g/mol. The first kappa shape index (κ1) is 28.5. The van der Waals surface area contributed by atoms with Crippen LogP contribution in [0.4, 0.5) is 0 Å².